The van der Waals surface area contributed by atoms with E-state index in [-0.39, 0.29) is 12.5 Å². The van der Waals surface area contributed by atoms with Gasteiger partial charge in [-0.25, -0.2) is 0 Å². The monoisotopic (exact) mass is 291 g/mol. The van der Waals surface area contributed by atoms with Crippen LogP contribution in [0.4, 0.5) is 0 Å². The predicted molar refractivity (Wildman–Crippen MR) is 78.0 cm³/mol. The van der Waals surface area contributed by atoms with E-state index in [1.54, 1.807) is 31.1 Å². The fourth-order valence-corrected chi connectivity index (χ4v) is 2.68. The van der Waals surface area contributed by atoms with E-state index in [4.69, 9.17) is 4.74 Å². The molecule has 0 spiro atoms. The number of ether oxygens (including phenoxy) is 1. The average molecular weight is 291 g/mol. The first kappa shape index (κ1) is 15.5. The second-order valence-corrected chi connectivity index (χ2v) is 5.83. The molecule has 5 heteroatoms. The maximum atomic E-state index is 12.5. The Hall–Kier alpha value is -1.88. The van der Waals surface area contributed by atoms with Gasteiger partial charge in [0.15, 0.2) is 0 Å². The Morgan fingerprint density at radius 1 is 1.33 bits per heavy atom. The molecule has 2 rings (SSSR count). The molecule has 1 aromatic rings. The predicted octanol–water partition coefficient (Wildman–Crippen LogP) is 2.16. The highest BCUT2D eigenvalue weighted by Gasteiger charge is 2.39. The van der Waals surface area contributed by atoms with Gasteiger partial charge in [0.25, 0.3) is 5.91 Å². The summed E-state index contributed by atoms with van der Waals surface area (Å²) < 4.78 is 5.04. The lowest BCUT2D eigenvalue weighted by atomic mass is 9.82. The number of likely N-dealkylation sites (tertiary alicyclic amines) is 1. The standard InChI is InChI=1S/C16H21NO4/c1-16(15(19)20)8-3-9-17(11-16)14(18)13-6-4-12(5-7-13)10-21-2/h4-7H,3,8-11H2,1-2H3,(H,19,20). The minimum atomic E-state index is -0.843. The van der Waals surface area contributed by atoms with E-state index < -0.39 is 11.4 Å². The van der Waals surface area contributed by atoms with Crippen LogP contribution in [0.15, 0.2) is 24.3 Å². The first-order valence-electron chi connectivity index (χ1n) is 7.07. The normalized spacial score (nSPS) is 22.1. The Morgan fingerprint density at radius 2 is 2.00 bits per heavy atom. The van der Waals surface area contributed by atoms with Crippen molar-refractivity contribution in [3.63, 3.8) is 0 Å². The van der Waals surface area contributed by atoms with E-state index in [0.29, 0.717) is 25.1 Å². The zero-order valence-electron chi connectivity index (χ0n) is 12.5. The zero-order valence-corrected chi connectivity index (χ0v) is 12.5. The molecule has 1 aliphatic rings. The van der Waals surface area contributed by atoms with Gasteiger partial charge in [-0.3, -0.25) is 9.59 Å². The van der Waals surface area contributed by atoms with Gasteiger partial charge in [0.05, 0.1) is 12.0 Å². The van der Waals surface area contributed by atoms with Gasteiger partial charge in [-0.2, -0.15) is 0 Å². The molecule has 1 saturated heterocycles. The summed E-state index contributed by atoms with van der Waals surface area (Å²) in [6.45, 7) is 3.09. The van der Waals surface area contributed by atoms with Gasteiger partial charge in [0, 0.05) is 25.8 Å². The summed E-state index contributed by atoms with van der Waals surface area (Å²) >= 11 is 0. The summed E-state index contributed by atoms with van der Waals surface area (Å²) in [6, 6.07) is 7.25. The highest BCUT2D eigenvalue weighted by atomic mass is 16.5. The lowest BCUT2D eigenvalue weighted by molar-refractivity contribution is -0.150. The van der Waals surface area contributed by atoms with Crippen LogP contribution in [-0.2, 0) is 16.1 Å². The van der Waals surface area contributed by atoms with E-state index in [1.807, 2.05) is 12.1 Å². The van der Waals surface area contributed by atoms with E-state index in [0.717, 1.165) is 12.0 Å². The molecule has 0 bridgehead atoms. The number of hydrogen-bond acceptors (Lipinski definition) is 3. The van der Waals surface area contributed by atoms with Gasteiger partial charge >= 0.3 is 5.97 Å². The average Bonchev–Trinajstić information content (AvgIpc) is 2.47. The van der Waals surface area contributed by atoms with Crippen molar-refractivity contribution in [3.05, 3.63) is 35.4 Å². The molecule has 1 amide bonds. The second kappa shape index (κ2) is 6.26. The van der Waals surface area contributed by atoms with Crippen LogP contribution in [0.3, 0.4) is 0 Å². The number of hydrogen-bond donors (Lipinski definition) is 1. The molecule has 1 heterocycles. The van der Waals surface area contributed by atoms with Crippen LogP contribution in [0, 0.1) is 5.41 Å². The summed E-state index contributed by atoms with van der Waals surface area (Å²) in [7, 11) is 1.62. The number of aliphatic carboxylic acids is 1. The minimum absolute atomic E-state index is 0.105. The van der Waals surface area contributed by atoms with Gasteiger partial charge in [0.1, 0.15) is 0 Å². The van der Waals surface area contributed by atoms with Crippen LogP contribution in [0.5, 0.6) is 0 Å². The molecular weight excluding hydrogens is 270 g/mol. The van der Waals surface area contributed by atoms with Crippen LogP contribution < -0.4 is 0 Å². The zero-order chi connectivity index (χ0) is 15.5. The maximum absolute atomic E-state index is 12.5. The first-order chi connectivity index (χ1) is 9.96. The Kier molecular flexibility index (Phi) is 4.63. The number of benzene rings is 1. The van der Waals surface area contributed by atoms with Crippen molar-refractivity contribution in [2.45, 2.75) is 26.4 Å². The lowest BCUT2D eigenvalue weighted by Crippen LogP contribution is -2.48. The van der Waals surface area contributed by atoms with E-state index in [2.05, 4.69) is 0 Å². The lowest BCUT2D eigenvalue weighted by Gasteiger charge is -2.37. The van der Waals surface area contributed by atoms with Crippen molar-refractivity contribution < 1.29 is 19.4 Å². The van der Waals surface area contributed by atoms with Crippen LogP contribution in [0.2, 0.25) is 0 Å². The molecule has 0 aliphatic carbocycles. The molecule has 1 fully saturated rings. The third-order valence-electron chi connectivity index (χ3n) is 4.01. The molecule has 21 heavy (non-hydrogen) atoms. The van der Waals surface area contributed by atoms with Crippen LogP contribution in [0.25, 0.3) is 0 Å². The highest BCUT2D eigenvalue weighted by molar-refractivity contribution is 5.94. The minimum Gasteiger partial charge on any atom is -0.481 e. The third kappa shape index (κ3) is 3.42. The van der Waals surface area contributed by atoms with Crippen LogP contribution in [0.1, 0.15) is 35.7 Å². The largest absolute Gasteiger partial charge is 0.481 e. The van der Waals surface area contributed by atoms with Crippen LogP contribution in [-0.4, -0.2) is 42.1 Å². The number of carbonyl (C=O) groups excluding carboxylic acids is 1. The molecule has 1 aromatic carbocycles. The fraction of sp³-hybridized carbons (Fsp3) is 0.500. The molecule has 5 nitrogen and oxygen atoms in total. The maximum Gasteiger partial charge on any atom is 0.311 e. The van der Waals surface area contributed by atoms with Gasteiger partial charge in [-0.15, -0.1) is 0 Å². The molecule has 1 atom stereocenters. The molecule has 0 radical (unpaired) electrons. The van der Waals surface area contributed by atoms with Crippen molar-refractivity contribution >= 4 is 11.9 Å². The van der Waals surface area contributed by atoms with Crippen molar-refractivity contribution in [3.8, 4) is 0 Å². The summed E-state index contributed by atoms with van der Waals surface area (Å²) in [5.74, 6) is -0.943. The number of piperidine rings is 1. The molecule has 0 aromatic heterocycles. The Balaban J connectivity index is 2.10. The van der Waals surface area contributed by atoms with Crippen molar-refractivity contribution in [1.29, 1.82) is 0 Å². The number of nitrogens with zero attached hydrogens (tertiary/aromatic N) is 1. The molecule has 1 unspecified atom stereocenters. The second-order valence-electron chi connectivity index (χ2n) is 5.83. The molecule has 0 saturated carbocycles. The molecule has 1 aliphatic heterocycles. The topological polar surface area (TPSA) is 66.8 Å². The van der Waals surface area contributed by atoms with Gasteiger partial charge < -0.3 is 14.7 Å². The quantitative estimate of drug-likeness (QED) is 0.923. The smallest absolute Gasteiger partial charge is 0.311 e. The summed E-state index contributed by atoms with van der Waals surface area (Å²) in [4.78, 5) is 25.5. The van der Waals surface area contributed by atoms with E-state index in [9.17, 15) is 14.7 Å². The van der Waals surface area contributed by atoms with E-state index in [1.165, 1.54) is 0 Å². The number of carbonyl (C=O) groups is 2. The van der Waals surface area contributed by atoms with Crippen molar-refractivity contribution in [1.82, 2.24) is 4.90 Å². The molecule has 1 N–H and O–H groups in total. The summed E-state index contributed by atoms with van der Waals surface area (Å²) in [5.41, 5.74) is 0.747. The Labute approximate surface area is 124 Å². The number of rotatable bonds is 4. The fourth-order valence-electron chi connectivity index (χ4n) is 2.68. The number of carboxylic acid groups (broad SMARTS) is 1. The highest BCUT2D eigenvalue weighted by Crippen LogP contribution is 2.30. The number of amides is 1. The first-order valence-corrected chi connectivity index (χ1v) is 7.07. The van der Waals surface area contributed by atoms with Gasteiger partial charge in [0.2, 0.25) is 0 Å². The van der Waals surface area contributed by atoms with Crippen LogP contribution >= 0.6 is 0 Å². The Bertz CT molecular complexity index is 526. The van der Waals surface area contributed by atoms with Crippen molar-refractivity contribution in [2.75, 3.05) is 20.2 Å². The van der Waals surface area contributed by atoms with E-state index >= 15 is 0 Å². The summed E-state index contributed by atoms with van der Waals surface area (Å²) in [6.07, 6.45) is 1.33. The van der Waals surface area contributed by atoms with Crippen molar-refractivity contribution in [2.24, 2.45) is 5.41 Å². The van der Waals surface area contributed by atoms with Gasteiger partial charge in [-0.1, -0.05) is 12.1 Å². The Morgan fingerprint density at radius 3 is 2.57 bits per heavy atom. The third-order valence-corrected chi connectivity index (χ3v) is 4.01. The summed E-state index contributed by atoms with van der Waals surface area (Å²) in [5, 5.41) is 9.31. The SMILES string of the molecule is COCc1ccc(C(=O)N2CCCC(C)(C(=O)O)C2)cc1. The number of methoxy groups -OCH3 is 1. The molecule has 114 valence electrons. The molecular formula is C16H21NO4. The number of carboxylic acids is 1. The van der Waals surface area contributed by atoms with Gasteiger partial charge in [-0.05, 0) is 37.5 Å².